The van der Waals surface area contributed by atoms with Gasteiger partial charge in [0.05, 0.1) is 23.4 Å². The van der Waals surface area contributed by atoms with Gasteiger partial charge in [-0.05, 0) is 31.5 Å². The van der Waals surface area contributed by atoms with Gasteiger partial charge >= 0.3 is 0 Å². The van der Waals surface area contributed by atoms with Crippen molar-refractivity contribution in [3.63, 3.8) is 0 Å². The molecular formula is C13H18Cl2N2O2. The molecule has 1 aromatic rings. The minimum atomic E-state index is -0.337. The topological polar surface area (TPSA) is 50.4 Å². The van der Waals surface area contributed by atoms with Gasteiger partial charge in [-0.3, -0.25) is 4.79 Å². The lowest BCUT2D eigenvalue weighted by Gasteiger charge is -2.29. The summed E-state index contributed by atoms with van der Waals surface area (Å²) in [7, 11) is 0. The number of rotatable bonds is 2. The number of ether oxygens (including phenoxy) is 1. The van der Waals surface area contributed by atoms with Gasteiger partial charge in [0.1, 0.15) is 6.04 Å². The molecule has 1 fully saturated rings. The largest absolute Gasteiger partial charge is 0.375 e. The first-order valence-electron chi connectivity index (χ1n) is 6.00. The van der Waals surface area contributed by atoms with Crippen LogP contribution in [0, 0.1) is 6.92 Å². The quantitative estimate of drug-likeness (QED) is 0.882. The number of amides is 1. The Morgan fingerprint density at radius 2 is 2.26 bits per heavy atom. The van der Waals surface area contributed by atoms with Crippen LogP contribution in [-0.4, -0.2) is 31.2 Å². The molecular weight excluding hydrogens is 287 g/mol. The molecule has 2 rings (SSSR count). The molecule has 0 radical (unpaired) electrons. The van der Waals surface area contributed by atoms with E-state index in [9.17, 15) is 4.79 Å². The van der Waals surface area contributed by atoms with Crippen molar-refractivity contribution in [3.05, 3.63) is 28.8 Å². The third-order valence-corrected chi connectivity index (χ3v) is 3.29. The number of anilines is 1. The first-order chi connectivity index (χ1) is 8.58. The molecule has 0 unspecified atom stereocenters. The standard InChI is InChI=1S/C13H17ClN2O2.ClH/c1-8-3-4-11(10(14)7-8)16-13(17)12-9(2)18-6-5-15-12;/h3-4,7,9,12,15H,5-6H2,1-2H3,(H,16,17);1H/t9-,12+;/m1./s1. The Morgan fingerprint density at radius 3 is 2.89 bits per heavy atom. The average molecular weight is 305 g/mol. The Labute approximate surface area is 124 Å². The molecule has 2 atom stereocenters. The lowest BCUT2D eigenvalue weighted by molar-refractivity contribution is -0.123. The molecule has 1 saturated heterocycles. The van der Waals surface area contributed by atoms with E-state index in [0.29, 0.717) is 23.9 Å². The molecule has 0 aromatic heterocycles. The van der Waals surface area contributed by atoms with E-state index in [4.69, 9.17) is 16.3 Å². The third-order valence-electron chi connectivity index (χ3n) is 2.98. The van der Waals surface area contributed by atoms with E-state index < -0.39 is 0 Å². The summed E-state index contributed by atoms with van der Waals surface area (Å²) >= 11 is 6.08. The summed E-state index contributed by atoms with van der Waals surface area (Å²) in [6.45, 7) is 5.16. The van der Waals surface area contributed by atoms with Gasteiger partial charge in [-0.25, -0.2) is 0 Å². The van der Waals surface area contributed by atoms with Gasteiger partial charge in [0, 0.05) is 6.54 Å². The number of aryl methyl sites for hydroxylation is 1. The zero-order valence-electron chi connectivity index (χ0n) is 10.9. The second-order valence-corrected chi connectivity index (χ2v) is 4.89. The van der Waals surface area contributed by atoms with Gasteiger partial charge in [-0.1, -0.05) is 17.7 Å². The van der Waals surface area contributed by atoms with Gasteiger partial charge < -0.3 is 15.4 Å². The molecule has 6 heteroatoms. The second-order valence-electron chi connectivity index (χ2n) is 4.48. The second kappa shape index (κ2) is 7.10. The first kappa shape index (κ1) is 16.2. The molecule has 0 bridgehead atoms. The van der Waals surface area contributed by atoms with Crippen molar-refractivity contribution in [3.8, 4) is 0 Å². The van der Waals surface area contributed by atoms with E-state index in [1.807, 2.05) is 32.0 Å². The van der Waals surface area contributed by atoms with Crippen LogP contribution in [-0.2, 0) is 9.53 Å². The zero-order chi connectivity index (χ0) is 13.1. The Bertz CT molecular complexity index is 454. The van der Waals surface area contributed by atoms with E-state index in [1.165, 1.54) is 0 Å². The molecule has 1 aliphatic rings. The molecule has 1 heterocycles. The van der Waals surface area contributed by atoms with Crippen molar-refractivity contribution in [2.45, 2.75) is 26.0 Å². The van der Waals surface area contributed by atoms with Crippen molar-refractivity contribution < 1.29 is 9.53 Å². The average Bonchev–Trinajstić information content (AvgIpc) is 2.33. The summed E-state index contributed by atoms with van der Waals surface area (Å²) in [6.07, 6.45) is -0.136. The lowest BCUT2D eigenvalue weighted by Crippen LogP contribution is -2.53. The number of hydrogen-bond acceptors (Lipinski definition) is 3. The Balaban J connectivity index is 0.00000180. The van der Waals surface area contributed by atoms with Crippen LogP contribution >= 0.6 is 24.0 Å². The van der Waals surface area contributed by atoms with Crippen molar-refractivity contribution in [2.24, 2.45) is 0 Å². The monoisotopic (exact) mass is 304 g/mol. The van der Waals surface area contributed by atoms with Gasteiger partial charge in [0.2, 0.25) is 5.91 Å². The van der Waals surface area contributed by atoms with Crippen LogP contribution in [0.25, 0.3) is 0 Å². The van der Waals surface area contributed by atoms with E-state index in [0.717, 1.165) is 5.56 Å². The van der Waals surface area contributed by atoms with Crippen molar-refractivity contribution in [1.29, 1.82) is 0 Å². The maximum Gasteiger partial charge on any atom is 0.244 e. The number of halogens is 2. The highest BCUT2D eigenvalue weighted by Gasteiger charge is 2.28. The predicted molar refractivity (Wildman–Crippen MR) is 79.3 cm³/mol. The SMILES string of the molecule is Cc1ccc(NC(=O)[C@H]2NCCO[C@@H]2C)c(Cl)c1.Cl. The molecule has 1 aliphatic heterocycles. The number of carbonyl (C=O) groups excluding carboxylic acids is 1. The predicted octanol–water partition coefficient (Wildman–Crippen LogP) is 2.39. The molecule has 1 amide bonds. The van der Waals surface area contributed by atoms with Gasteiger partial charge in [0.15, 0.2) is 0 Å². The van der Waals surface area contributed by atoms with Crippen LogP contribution < -0.4 is 10.6 Å². The highest BCUT2D eigenvalue weighted by atomic mass is 35.5. The molecule has 4 nitrogen and oxygen atoms in total. The van der Waals surface area contributed by atoms with Crippen molar-refractivity contribution in [1.82, 2.24) is 5.32 Å². The highest BCUT2D eigenvalue weighted by molar-refractivity contribution is 6.33. The number of hydrogen-bond donors (Lipinski definition) is 2. The van der Waals surface area contributed by atoms with Gasteiger partial charge in [-0.15, -0.1) is 12.4 Å². The lowest BCUT2D eigenvalue weighted by atomic mass is 10.1. The minimum absolute atomic E-state index is 0. The Morgan fingerprint density at radius 1 is 1.53 bits per heavy atom. The van der Waals surface area contributed by atoms with Crippen molar-refractivity contribution >= 4 is 35.6 Å². The summed E-state index contributed by atoms with van der Waals surface area (Å²) in [5.74, 6) is -0.118. The van der Waals surface area contributed by atoms with Crippen LogP contribution in [0.15, 0.2) is 18.2 Å². The minimum Gasteiger partial charge on any atom is -0.375 e. The van der Waals surface area contributed by atoms with Crippen molar-refractivity contribution in [2.75, 3.05) is 18.5 Å². The fourth-order valence-electron chi connectivity index (χ4n) is 1.96. The van der Waals surface area contributed by atoms with Gasteiger partial charge in [-0.2, -0.15) is 0 Å². The molecule has 0 saturated carbocycles. The number of carbonyl (C=O) groups is 1. The summed E-state index contributed by atoms with van der Waals surface area (Å²) in [5.41, 5.74) is 1.69. The molecule has 2 N–H and O–H groups in total. The summed E-state index contributed by atoms with van der Waals surface area (Å²) in [5, 5.41) is 6.51. The van der Waals surface area contributed by atoms with E-state index in [1.54, 1.807) is 0 Å². The van der Waals surface area contributed by atoms with E-state index in [2.05, 4.69) is 10.6 Å². The smallest absolute Gasteiger partial charge is 0.244 e. The maximum atomic E-state index is 12.1. The van der Waals surface area contributed by atoms with Crippen LogP contribution in [0.2, 0.25) is 5.02 Å². The normalized spacial score (nSPS) is 22.5. The van der Waals surface area contributed by atoms with E-state index in [-0.39, 0.29) is 30.5 Å². The number of nitrogens with one attached hydrogen (secondary N) is 2. The molecule has 0 spiro atoms. The summed E-state index contributed by atoms with van der Waals surface area (Å²) in [4.78, 5) is 12.1. The fraction of sp³-hybridized carbons (Fsp3) is 0.462. The maximum absolute atomic E-state index is 12.1. The van der Waals surface area contributed by atoms with Crippen LogP contribution in [0.5, 0.6) is 0 Å². The molecule has 19 heavy (non-hydrogen) atoms. The molecule has 0 aliphatic carbocycles. The first-order valence-corrected chi connectivity index (χ1v) is 6.38. The molecule has 1 aromatic carbocycles. The molecule has 106 valence electrons. The van der Waals surface area contributed by atoms with E-state index >= 15 is 0 Å². The Hall–Kier alpha value is -0.810. The highest BCUT2D eigenvalue weighted by Crippen LogP contribution is 2.23. The fourth-order valence-corrected chi connectivity index (χ4v) is 2.24. The van der Waals surface area contributed by atoms with Gasteiger partial charge in [0.25, 0.3) is 0 Å². The summed E-state index contributed by atoms with van der Waals surface area (Å²) in [6, 6.07) is 5.21. The Kier molecular flexibility index (Phi) is 6.07. The summed E-state index contributed by atoms with van der Waals surface area (Å²) < 4.78 is 5.44. The number of benzene rings is 1. The number of morpholine rings is 1. The zero-order valence-corrected chi connectivity index (χ0v) is 12.5. The third kappa shape index (κ3) is 4.08. The van der Waals surface area contributed by atoms with Crippen LogP contribution in [0.4, 0.5) is 5.69 Å². The van der Waals surface area contributed by atoms with Crippen LogP contribution in [0.1, 0.15) is 12.5 Å². The van der Waals surface area contributed by atoms with Crippen LogP contribution in [0.3, 0.4) is 0 Å².